The number of amides is 1. The van der Waals surface area contributed by atoms with Gasteiger partial charge in [-0.25, -0.2) is 0 Å². The van der Waals surface area contributed by atoms with Crippen molar-refractivity contribution in [3.8, 4) is 0 Å². The number of hydrogen-bond donors (Lipinski definition) is 3. The van der Waals surface area contributed by atoms with Gasteiger partial charge in [-0.2, -0.15) is 0 Å². The summed E-state index contributed by atoms with van der Waals surface area (Å²) >= 11 is 0. The maximum atomic E-state index is 13.4. The Bertz CT molecular complexity index is 1330. The van der Waals surface area contributed by atoms with Crippen LogP contribution in [0, 0.1) is 0 Å². The quantitative estimate of drug-likeness (QED) is 0.302. The molecule has 1 atom stereocenters. The molecule has 5 aromatic rings. The average molecular weight is 442 g/mol. The largest absolute Gasteiger partial charge is 0.469 e. The van der Waals surface area contributed by atoms with E-state index in [1.54, 1.807) is 6.26 Å². The van der Waals surface area contributed by atoms with Gasteiger partial charge < -0.3 is 19.1 Å². The van der Waals surface area contributed by atoms with Crippen LogP contribution in [0.2, 0.25) is 0 Å². The highest BCUT2D eigenvalue weighted by molar-refractivity contribution is 5.89. The second kappa shape index (κ2) is 9.00. The van der Waals surface area contributed by atoms with Crippen LogP contribution in [0.4, 0.5) is 0 Å². The Labute approximate surface area is 192 Å². The molecule has 0 saturated carbocycles. The summed E-state index contributed by atoms with van der Waals surface area (Å²) in [5.41, 5.74) is 2.15. The summed E-state index contributed by atoms with van der Waals surface area (Å²) in [6.45, 7) is 2.89. The lowest BCUT2D eigenvalue weighted by atomic mass is 9.91. The number of carbonyl (C=O) groups excluding carboxylic acids is 1. The van der Waals surface area contributed by atoms with Crippen LogP contribution >= 0.6 is 0 Å². The average Bonchev–Trinajstić information content (AvgIpc) is 3.58. The van der Waals surface area contributed by atoms with Crippen molar-refractivity contribution in [1.29, 1.82) is 0 Å². The third-order valence-corrected chi connectivity index (χ3v) is 6.09. The van der Waals surface area contributed by atoms with E-state index >= 15 is 0 Å². The van der Waals surface area contributed by atoms with Crippen LogP contribution in [0.3, 0.4) is 0 Å². The third-order valence-electron chi connectivity index (χ3n) is 6.09. The zero-order valence-electron chi connectivity index (χ0n) is 18.6. The second-order valence-electron chi connectivity index (χ2n) is 8.56. The maximum Gasteiger partial charge on any atom is 0.240 e. The van der Waals surface area contributed by atoms with Crippen LogP contribution in [0.15, 0.2) is 88.0 Å². The number of aromatic nitrogens is 1. The molecule has 3 aromatic heterocycles. The molecular weight excluding hydrogens is 414 g/mol. The molecule has 5 rings (SSSR count). The van der Waals surface area contributed by atoms with Crippen LogP contribution in [0.5, 0.6) is 0 Å². The molecule has 3 heterocycles. The van der Waals surface area contributed by atoms with Gasteiger partial charge in [0.15, 0.2) is 0 Å². The lowest BCUT2D eigenvalue weighted by molar-refractivity contribution is -0.127. The lowest BCUT2D eigenvalue weighted by Crippen LogP contribution is -2.56. The van der Waals surface area contributed by atoms with Gasteiger partial charge in [-0.1, -0.05) is 36.4 Å². The predicted octanol–water partition coefficient (Wildman–Crippen LogP) is 4.96. The Kier molecular flexibility index (Phi) is 5.75. The minimum atomic E-state index is -0.840. The summed E-state index contributed by atoms with van der Waals surface area (Å²) in [6.07, 6.45) is 4.81. The molecule has 168 valence electrons. The van der Waals surface area contributed by atoms with Gasteiger partial charge in [0.25, 0.3) is 0 Å². The van der Waals surface area contributed by atoms with Crippen LogP contribution in [-0.4, -0.2) is 23.0 Å². The van der Waals surface area contributed by atoms with E-state index in [0.29, 0.717) is 25.9 Å². The Morgan fingerprint density at radius 2 is 1.88 bits per heavy atom. The molecular formula is C27H27N3O3. The number of H-pyrrole nitrogens is 1. The first kappa shape index (κ1) is 21.1. The van der Waals surface area contributed by atoms with Gasteiger partial charge in [0.1, 0.15) is 17.1 Å². The number of carbonyl (C=O) groups is 1. The van der Waals surface area contributed by atoms with Crippen molar-refractivity contribution >= 4 is 27.8 Å². The fourth-order valence-electron chi connectivity index (χ4n) is 4.24. The molecule has 0 aliphatic carbocycles. The van der Waals surface area contributed by atoms with Crippen molar-refractivity contribution in [1.82, 2.24) is 15.6 Å². The molecule has 33 heavy (non-hydrogen) atoms. The number of nitrogens with one attached hydrogen (secondary N) is 3. The highest BCUT2D eigenvalue weighted by Crippen LogP contribution is 2.24. The summed E-state index contributed by atoms with van der Waals surface area (Å²) in [5.74, 6) is 1.59. The summed E-state index contributed by atoms with van der Waals surface area (Å²) in [4.78, 5) is 16.7. The molecule has 0 aliphatic rings. The SMILES string of the molecule is CC(Cc1c[nH]c2ccccc12)(NCc1cc2ccccc2o1)C(=O)NCCc1ccco1. The van der Waals surface area contributed by atoms with Gasteiger partial charge in [0.05, 0.1) is 18.3 Å². The molecule has 0 aliphatic heterocycles. The van der Waals surface area contributed by atoms with E-state index in [1.807, 2.05) is 73.8 Å². The molecule has 0 saturated heterocycles. The van der Waals surface area contributed by atoms with Crippen LogP contribution in [0.1, 0.15) is 24.0 Å². The van der Waals surface area contributed by atoms with Gasteiger partial charge in [-0.3, -0.25) is 10.1 Å². The van der Waals surface area contributed by atoms with Crippen molar-refractivity contribution in [3.05, 3.63) is 96.3 Å². The summed E-state index contributed by atoms with van der Waals surface area (Å²) in [5, 5.41) is 8.73. The lowest BCUT2D eigenvalue weighted by Gasteiger charge is -2.29. The smallest absolute Gasteiger partial charge is 0.240 e. The number of aromatic amines is 1. The van der Waals surface area contributed by atoms with E-state index in [0.717, 1.165) is 39.0 Å². The fourth-order valence-corrected chi connectivity index (χ4v) is 4.24. The molecule has 0 fully saturated rings. The zero-order chi connectivity index (χ0) is 22.7. The number of furan rings is 2. The topological polar surface area (TPSA) is 83.2 Å². The highest BCUT2D eigenvalue weighted by atomic mass is 16.3. The number of benzene rings is 2. The monoisotopic (exact) mass is 441 g/mol. The zero-order valence-corrected chi connectivity index (χ0v) is 18.6. The Balaban J connectivity index is 1.35. The molecule has 0 spiro atoms. The molecule has 1 amide bonds. The van der Waals surface area contributed by atoms with Crippen LogP contribution < -0.4 is 10.6 Å². The van der Waals surface area contributed by atoms with Crippen molar-refractivity contribution in [2.45, 2.75) is 31.8 Å². The van der Waals surface area contributed by atoms with E-state index in [9.17, 15) is 4.79 Å². The van der Waals surface area contributed by atoms with Crippen molar-refractivity contribution < 1.29 is 13.6 Å². The van der Waals surface area contributed by atoms with Gasteiger partial charge in [-0.15, -0.1) is 0 Å². The van der Waals surface area contributed by atoms with E-state index in [1.165, 1.54) is 0 Å². The third kappa shape index (κ3) is 4.56. The number of rotatable bonds is 9. The number of hydrogen-bond acceptors (Lipinski definition) is 4. The van der Waals surface area contributed by atoms with Crippen LogP contribution in [0.25, 0.3) is 21.9 Å². The fraction of sp³-hybridized carbons (Fsp3) is 0.222. The summed E-state index contributed by atoms with van der Waals surface area (Å²) in [6, 6.07) is 21.8. The van der Waals surface area contributed by atoms with Gasteiger partial charge in [-0.05, 0) is 42.8 Å². The van der Waals surface area contributed by atoms with Gasteiger partial charge in [0.2, 0.25) is 5.91 Å². The number of para-hydroxylation sites is 2. The van der Waals surface area contributed by atoms with E-state index in [2.05, 4.69) is 21.7 Å². The van der Waals surface area contributed by atoms with Crippen molar-refractivity contribution in [3.63, 3.8) is 0 Å². The Morgan fingerprint density at radius 1 is 1.03 bits per heavy atom. The van der Waals surface area contributed by atoms with Crippen LogP contribution in [-0.2, 0) is 24.2 Å². The highest BCUT2D eigenvalue weighted by Gasteiger charge is 2.34. The summed E-state index contributed by atoms with van der Waals surface area (Å²) < 4.78 is 11.4. The molecule has 2 aromatic carbocycles. The minimum absolute atomic E-state index is 0.0598. The number of fused-ring (bicyclic) bond motifs is 2. The first-order chi connectivity index (χ1) is 16.1. The Hall–Kier alpha value is -3.77. The predicted molar refractivity (Wildman–Crippen MR) is 129 cm³/mol. The standard InChI is InChI=1S/C27H27N3O3/c1-27(26(31)28-13-12-21-8-6-14-32-21,16-20-17-29-24-10-4-3-9-23(20)24)30-18-22-15-19-7-2-5-11-25(19)33-22/h2-11,14-15,17,29-30H,12-13,16,18H2,1H3,(H,28,31). The molecule has 3 N–H and O–H groups in total. The molecule has 6 heteroatoms. The minimum Gasteiger partial charge on any atom is -0.469 e. The molecule has 0 bridgehead atoms. The maximum absolute atomic E-state index is 13.4. The Morgan fingerprint density at radius 3 is 2.73 bits per heavy atom. The van der Waals surface area contributed by atoms with Gasteiger partial charge >= 0.3 is 0 Å². The molecule has 6 nitrogen and oxygen atoms in total. The van der Waals surface area contributed by atoms with Gasteiger partial charge in [0, 0.05) is 41.9 Å². The van der Waals surface area contributed by atoms with Crippen molar-refractivity contribution in [2.24, 2.45) is 0 Å². The molecule has 1 unspecified atom stereocenters. The normalized spacial score (nSPS) is 13.4. The first-order valence-electron chi connectivity index (χ1n) is 11.2. The van der Waals surface area contributed by atoms with Crippen molar-refractivity contribution in [2.75, 3.05) is 6.54 Å². The van der Waals surface area contributed by atoms with E-state index < -0.39 is 5.54 Å². The second-order valence-corrected chi connectivity index (χ2v) is 8.56. The first-order valence-corrected chi connectivity index (χ1v) is 11.2. The van der Waals surface area contributed by atoms with E-state index in [4.69, 9.17) is 8.83 Å². The van der Waals surface area contributed by atoms with E-state index in [-0.39, 0.29) is 5.91 Å². The summed E-state index contributed by atoms with van der Waals surface area (Å²) in [7, 11) is 0. The molecule has 0 radical (unpaired) electrons.